The second kappa shape index (κ2) is 11.8. The Kier molecular flexibility index (Phi) is 11.3. The molecule has 0 amide bonds. The maximum absolute atomic E-state index is 5.14. The van der Waals surface area contributed by atoms with Crippen molar-refractivity contribution in [2.75, 3.05) is 13.1 Å². The highest BCUT2D eigenvalue weighted by atomic mass is 14.8. The molecule has 21 heavy (non-hydrogen) atoms. The zero-order valence-corrected chi connectivity index (χ0v) is 14.8. The van der Waals surface area contributed by atoms with E-state index >= 15 is 0 Å². The van der Waals surface area contributed by atoms with Crippen LogP contribution in [0.2, 0.25) is 0 Å². The molecule has 0 heterocycles. The lowest BCUT2D eigenvalue weighted by molar-refractivity contribution is 0.589. The lowest BCUT2D eigenvalue weighted by Gasteiger charge is -2.19. The Hall–Kier alpha value is -0.860. The van der Waals surface area contributed by atoms with Crippen LogP contribution in [0.5, 0.6) is 0 Å². The fourth-order valence-corrected chi connectivity index (χ4v) is 1.86. The van der Waals surface area contributed by atoms with Gasteiger partial charge in [-0.25, -0.2) is 0 Å². The van der Waals surface area contributed by atoms with Crippen molar-refractivity contribution in [2.45, 2.75) is 72.3 Å². The van der Waals surface area contributed by atoms with Crippen LogP contribution in [-0.2, 0) is 12.0 Å². The van der Waals surface area contributed by atoms with Crippen molar-refractivity contribution >= 4 is 0 Å². The van der Waals surface area contributed by atoms with Crippen LogP contribution in [0.3, 0.4) is 0 Å². The van der Waals surface area contributed by atoms with Crippen molar-refractivity contribution in [1.29, 1.82) is 0 Å². The van der Waals surface area contributed by atoms with Crippen molar-refractivity contribution in [3.05, 3.63) is 35.4 Å². The van der Waals surface area contributed by atoms with Crippen molar-refractivity contribution in [3.8, 4) is 0 Å². The Bertz CT molecular complexity index is 334. The first kappa shape index (κ1) is 20.1. The molecular formula is C19H36N2. The highest BCUT2D eigenvalue weighted by Gasteiger charge is 2.12. The number of hydrogen-bond donors (Lipinski definition) is 2. The number of hydrogen-bond acceptors (Lipinski definition) is 2. The second-order valence-electron chi connectivity index (χ2n) is 6.62. The molecule has 0 radical (unpaired) electrons. The fraction of sp³-hybridized carbons (Fsp3) is 0.684. The van der Waals surface area contributed by atoms with Gasteiger partial charge in [-0.3, -0.25) is 0 Å². The second-order valence-corrected chi connectivity index (χ2v) is 6.62. The molecule has 2 heteroatoms. The summed E-state index contributed by atoms with van der Waals surface area (Å²) < 4.78 is 0. The van der Waals surface area contributed by atoms with E-state index < -0.39 is 0 Å². The minimum atomic E-state index is 0.258. The molecule has 0 aliphatic heterocycles. The topological polar surface area (TPSA) is 38.0 Å². The Morgan fingerprint density at radius 1 is 0.952 bits per heavy atom. The highest BCUT2D eigenvalue weighted by molar-refractivity contribution is 5.27. The van der Waals surface area contributed by atoms with Gasteiger partial charge in [0, 0.05) is 6.54 Å². The number of nitrogens with two attached hydrogens (primary N) is 1. The number of unbranched alkanes of at least 4 members (excludes halogenated alkanes) is 2. The van der Waals surface area contributed by atoms with Crippen LogP contribution in [0.15, 0.2) is 24.3 Å². The average molecular weight is 293 g/mol. The first-order valence-electron chi connectivity index (χ1n) is 8.45. The predicted octanol–water partition coefficient (Wildman–Crippen LogP) is 4.62. The summed E-state index contributed by atoms with van der Waals surface area (Å²) in [5, 5.41) is 3.46. The Labute approximate surface area is 132 Å². The lowest BCUT2D eigenvalue weighted by Crippen LogP contribution is -2.15. The fourth-order valence-electron chi connectivity index (χ4n) is 1.86. The van der Waals surface area contributed by atoms with Gasteiger partial charge in [-0.1, -0.05) is 71.7 Å². The van der Waals surface area contributed by atoms with E-state index in [2.05, 4.69) is 64.2 Å². The molecular weight excluding hydrogens is 256 g/mol. The predicted molar refractivity (Wildman–Crippen MR) is 95.7 cm³/mol. The number of nitrogens with one attached hydrogen (secondary N) is 1. The van der Waals surface area contributed by atoms with Gasteiger partial charge in [0.25, 0.3) is 0 Å². The van der Waals surface area contributed by atoms with Crippen molar-refractivity contribution in [2.24, 2.45) is 5.73 Å². The van der Waals surface area contributed by atoms with Crippen LogP contribution in [0, 0.1) is 0 Å². The van der Waals surface area contributed by atoms with E-state index in [-0.39, 0.29) is 5.41 Å². The molecule has 1 aromatic rings. The minimum absolute atomic E-state index is 0.258. The summed E-state index contributed by atoms with van der Waals surface area (Å²) in [4.78, 5) is 0. The molecule has 3 N–H and O–H groups in total. The van der Waals surface area contributed by atoms with Crippen molar-refractivity contribution in [1.82, 2.24) is 5.32 Å². The van der Waals surface area contributed by atoms with E-state index in [1.165, 1.54) is 36.8 Å². The first-order chi connectivity index (χ1) is 9.95. The Balaban J connectivity index is 0.000000690. The van der Waals surface area contributed by atoms with E-state index in [0.717, 1.165) is 19.6 Å². The SMILES string of the molecule is CCCCN.CCCCNCc1ccc(C(C)(C)C)cc1. The molecule has 0 aliphatic carbocycles. The molecule has 0 bridgehead atoms. The normalized spacial score (nSPS) is 11.0. The van der Waals surface area contributed by atoms with Gasteiger partial charge in [-0.2, -0.15) is 0 Å². The third-order valence-corrected chi connectivity index (χ3v) is 3.41. The van der Waals surface area contributed by atoms with Gasteiger partial charge in [-0.15, -0.1) is 0 Å². The van der Waals surface area contributed by atoms with Gasteiger partial charge in [0.2, 0.25) is 0 Å². The summed E-state index contributed by atoms with van der Waals surface area (Å²) in [6, 6.07) is 8.97. The van der Waals surface area contributed by atoms with E-state index in [1.54, 1.807) is 0 Å². The monoisotopic (exact) mass is 292 g/mol. The van der Waals surface area contributed by atoms with Gasteiger partial charge in [0.15, 0.2) is 0 Å². The Morgan fingerprint density at radius 3 is 1.90 bits per heavy atom. The average Bonchev–Trinajstić information content (AvgIpc) is 2.45. The first-order valence-corrected chi connectivity index (χ1v) is 8.45. The number of rotatable bonds is 7. The third kappa shape index (κ3) is 10.5. The highest BCUT2D eigenvalue weighted by Crippen LogP contribution is 2.22. The standard InChI is InChI=1S/C15H25N.C4H11N/c1-5-6-11-16-12-13-7-9-14(10-8-13)15(2,3)4;1-2-3-4-5/h7-10,16H,5-6,11-12H2,1-4H3;2-5H2,1H3. The third-order valence-electron chi connectivity index (χ3n) is 3.41. The maximum Gasteiger partial charge on any atom is 0.0205 e. The number of benzene rings is 1. The molecule has 0 aromatic heterocycles. The van der Waals surface area contributed by atoms with Gasteiger partial charge in [-0.05, 0) is 42.5 Å². The zero-order valence-electron chi connectivity index (χ0n) is 14.8. The summed E-state index contributed by atoms with van der Waals surface area (Å²) in [7, 11) is 0. The van der Waals surface area contributed by atoms with E-state index in [1.807, 2.05) is 0 Å². The quantitative estimate of drug-likeness (QED) is 0.720. The van der Waals surface area contributed by atoms with E-state index in [9.17, 15) is 0 Å². The molecule has 2 nitrogen and oxygen atoms in total. The molecule has 0 atom stereocenters. The van der Waals surface area contributed by atoms with E-state index in [0.29, 0.717) is 0 Å². The summed E-state index contributed by atoms with van der Waals surface area (Å²) in [6.07, 6.45) is 4.91. The molecule has 1 rings (SSSR count). The Morgan fingerprint density at radius 2 is 1.52 bits per heavy atom. The molecule has 1 aromatic carbocycles. The van der Waals surface area contributed by atoms with Crippen LogP contribution in [0.4, 0.5) is 0 Å². The van der Waals surface area contributed by atoms with Crippen molar-refractivity contribution in [3.63, 3.8) is 0 Å². The molecule has 122 valence electrons. The van der Waals surface area contributed by atoms with Crippen molar-refractivity contribution < 1.29 is 0 Å². The minimum Gasteiger partial charge on any atom is -0.330 e. The molecule has 0 saturated heterocycles. The lowest BCUT2D eigenvalue weighted by atomic mass is 9.87. The van der Waals surface area contributed by atoms with Crippen LogP contribution < -0.4 is 11.1 Å². The summed E-state index contributed by atoms with van der Waals surface area (Å²) in [5.41, 5.74) is 8.18. The molecule has 0 spiro atoms. The van der Waals surface area contributed by atoms with Crippen LogP contribution in [-0.4, -0.2) is 13.1 Å². The van der Waals surface area contributed by atoms with Crippen LogP contribution in [0.25, 0.3) is 0 Å². The molecule has 0 fully saturated rings. The summed E-state index contributed by atoms with van der Waals surface area (Å²) >= 11 is 0. The molecule has 0 aliphatic rings. The molecule has 0 unspecified atom stereocenters. The summed E-state index contributed by atoms with van der Waals surface area (Å²) in [6.45, 7) is 14.1. The van der Waals surface area contributed by atoms with Gasteiger partial charge >= 0.3 is 0 Å². The van der Waals surface area contributed by atoms with Crippen LogP contribution in [0.1, 0.15) is 71.4 Å². The van der Waals surface area contributed by atoms with E-state index in [4.69, 9.17) is 5.73 Å². The zero-order chi connectivity index (χ0) is 16.1. The van der Waals surface area contributed by atoms with Gasteiger partial charge < -0.3 is 11.1 Å². The molecule has 0 saturated carbocycles. The smallest absolute Gasteiger partial charge is 0.0205 e. The van der Waals surface area contributed by atoms with Gasteiger partial charge in [0.05, 0.1) is 0 Å². The maximum atomic E-state index is 5.14. The van der Waals surface area contributed by atoms with Crippen LogP contribution >= 0.6 is 0 Å². The summed E-state index contributed by atoms with van der Waals surface area (Å²) in [5.74, 6) is 0. The van der Waals surface area contributed by atoms with Gasteiger partial charge in [0.1, 0.15) is 0 Å². The largest absolute Gasteiger partial charge is 0.330 e.